The van der Waals surface area contributed by atoms with E-state index in [1.807, 2.05) is 29.5 Å². The van der Waals surface area contributed by atoms with Crippen molar-refractivity contribution in [2.45, 2.75) is 19.8 Å². The number of hydrogen-bond donors (Lipinski definition) is 2. The van der Waals surface area contributed by atoms with Crippen LogP contribution in [0.15, 0.2) is 18.2 Å². The predicted molar refractivity (Wildman–Crippen MR) is 81.6 cm³/mol. The summed E-state index contributed by atoms with van der Waals surface area (Å²) < 4.78 is 0.427. The molecule has 0 radical (unpaired) electrons. The van der Waals surface area contributed by atoms with Gasteiger partial charge in [-0.2, -0.15) is 0 Å². The molecule has 0 aliphatic rings. The fourth-order valence-corrected chi connectivity index (χ4v) is 1.92. The number of nitrogens with one attached hydrogen (secondary N) is 2. The summed E-state index contributed by atoms with van der Waals surface area (Å²) in [5.74, 6) is -0.668. The van der Waals surface area contributed by atoms with Crippen LogP contribution in [-0.4, -0.2) is 23.4 Å². The van der Waals surface area contributed by atoms with Crippen LogP contribution in [0.5, 0.6) is 0 Å². The lowest BCUT2D eigenvalue weighted by atomic mass is 10.2. The molecule has 0 bridgehead atoms. The highest BCUT2D eigenvalue weighted by Gasteiger charge is 2.17. The molecule has 20 heavy (non-hydrogen) atoms. The van der Waals surface area contributed by atoms with Gasteiger partial charge in [-0.25, -0.2) is 4.79 Å². The quantitative estimate of drug-likeness (QED) is 0.348. The lowest BCUT2D eigenvalue weighted by Gasteiger charge is -2.06. The van der Waals surface area contributed by atoms with Crippen molar-refractivity contribution < 1.29 is 14.5 Å². The highest BCUT2D eigenvalue weighted by atomic mass is 127. The van der Waals surface area contributed by atoms with Crippen LogP contribution in [0.3, 0.4) is 0 Å². The summed E-state index contributed by atoms with van der Waals surface area (Å²) >= 11 is 1.81. The summed E-state index contributed by atoms with van der Waals surface area (Å²) in [7, 11) is 0. The van der Waals surface area contributed by atoms with Gasteiger partial charge in [0.25, 0.3) is 11.6 Å². The van der Waals surface area contributed by atoms with Crippen LogP contribution in [0, 0.1) is 13.7 Å². The zero-order valence-corrected chi connectivity index (χ0v) is 13.0. The summed E-state index contributed by atoms with van der Waals surface area (Å²) in [6.07, 6.45) is 1.74. The number of rotatable bonds is 5. The number of carbonyl (C=O) groups excluding carboxylic acids is 2. The average Bonchev–Trinajstić information content (AvgIpc) is 2.39. The number of hydrogen-bond acceptors (Lipinski definition) is 4. The van der Waals surface area contributed by atoms with Crippen molar-refractivity contribution in [3.8, 4) is 0 Å². The lowest BCUT2D eigenvalue weighted by molar-refractivity contribution is -0.385. The Bertz CT molecular complexity index is 533. The molecule has 0 fully saturated rings. The molecule has 0 aromatic heterocycles. The number of carbonyl (C=O) groups is 2. The number of imide groups is 1. The summed E-state index contributed by atoms with van der Waals surface area (Å²) in [5, 5.41) is 15.4. The maximum atomic E-state index is 11.8. The minimum atomic E-state index is -0.668. The molecule has 0 unspecified atom stereocenters. The Morgan fingerprint density at radius 1 is 1.40 bits per heavy atom. The van der Waals surface area contributed by atoms with E-state index in [0.717, 1.165) is 18.9 Å². The molecule has 0 atom stereocenters. The van der Waals surface area contributed by atoms with Crippen LogP contribution in [0.2, 0.25) is 0 Å². The van der Waals surface area contributed by atoms with Crippen LogP contribution in [0.4, 0.5) is 10.5 Å². The molecule has 3 amide bonds. The third kappa shape index (κ3) is 4.76. The normalized spacial score (nSPS) is 9.90. The molecule has 8 heteroatoms. The zero-order valence-electron chi connectivity index (χ0n) is 10.8. The highest BCUT2D eigenvalue weighted by Crippen LogP contribution is 2.21. The minimum absolute atomic E-state index is 0.0720. The average molecular weight is 391 g/mol. The molecular weight excluding hydrogens is 377 g/mol. The van der Waals surface area contributed by atoms with Gasteiger partial charge in [-0.15, -0.1) is 0 Å². The molecule has 1 rings (SSSR count). The van der Waals surface area contributed by atoms with Gasteiger partial charge >= 0.3 is 6.03 Å². The van der Waals surface area contributed by atoms with Crippen molar-refractivity contribution in [1.82, 2.24) is 10.6 Å². The Morgan fingerprint density at radius 3 is 2.70 bits per heavy atom. The first kappa shape index (κ1) is 16.3. The third-order valence-electron chi connectivity index (χ3n) is 2.45. The first-order chi connectivity index (χ1) is 9.45. The Balaban J connectivity index is 2.70. The van der Waals surface area contributed by atoms with Crippen LogP contribution < -0.4 is 10.6 Å². The Labute approximate surface area is 129 Å². The fourth-order valence-electron chi connectivity index (χ4n) is 1.39. The van der Waals surface area contributed by atoms with Crippen LogP contribution in [0.25, 0.3) is 0 Å². The standard InChI is InChI=1S/C12H14IN3O4/c1-2-3-6-14-12(18)15-11(17)8-4-5-9(13)10(7-8)16(19)20/h4-5,7H,2-3,6H2,1H3,(H2,14,15,17,18). The topological polar surface area (TPSA) is 101 Å². The lowest BCUT2D eigenvalue weighted by Crippen LogP contribution is -2.39. The second-order valence-electron chi connectivity index (χ2n) is 3.99. The molecule has 1 aromatic rings. The van der Waals surface area contributed by atoms with Crippen molar-refractivity contribution in [2.75, 3.05) is 6.54 Å². The maximum absolute atomic E-state index is 11.8. The number of nitro benzene ring substituents is 1. The van der Waals surface area contributed by atoms with E-state index < -0.39 is 16.9 Å². The number of amides is 3. The summed E-state index contributed by atoms with van der Waals surface area (Å²) in [6.45, 7) is 2.46. The van der Waals surface area contributed by atoms with Gasteiger partial charge in [-0.3, -0.25) is 20.2 Å². The molecule has 0 heterocycles. The molecule has 0 saturated carbocycles. The van der Waals surface area contributed by atoms with Crippen molar-refractivity contribution >= 4 is 40.2 Å². The molecule has 0 aliphatic carbocycles. The number of nitrogens with zero attached hydrogens (tertiary/aromatic N) is 1. The van der Waals surface area contributed by atoms with E-state index in [1.165, 1.54) is 12.1 Å². The molecule has 0 spiro atoms. The van der Waals surface area contributed by atoms with Crippen LogP contribution >= 0.6 is 22.6 Å². The van der Waals surface area contributed by atoms with E-state index in [9.17, 15) is 19.7 Å². The second-order valence-corrected chi connectivity index (χ2v) is 5.15. The van der Waals surface area contributed by atoms with Crippen LogP contribution in [0.1, 0.15) is 30.1 Å². The molecule has 0 saturated heterocycles. The van der Waals surface area contributed by atoms with Gasteiger partial charge < -0.3 is 5.32 Å². The van der Waals surface area contributed by atoms with E-state index in [2.05, 4.69) is 10.6 Å². The van der Waals surface area contributed by atoms with Gasteiger partial charge in [0.15, 0.2) is 0 Å². The predicted octanol–water partition coefficient (Wildman–Crippen LogP) is 2.44. The zero-order chi connectivity index (χ0) is 15.1. The van der Waals surface area contributed by atoms with E-state index in [0.29, 0.717) is 10.1 Å². The minimum Gasteiger partial charge on any atom is -0.338 e. The van der Waals surface area contributed by atoms with Gasteiger partial charge in [0.05, 0.1) is 8.49 Å². The second kappa shape index (κ2) is 7.78. The fraction of sp³-hybridized carbons (Fsp3) is 0.333. The van der Waals surface area contributed by atoms with E-state index in [1.54, 1.807) is 0 Å². The molecule has 7 nitrogen and oxygen atoms in total. The van der Waals surface area contributed by atoms with Crippen molar-refractivity contribution in [3.05, 3.63) is 37.4 Å². The first-order valence-electron chi connectivity index (χ1n) is 5.98. The van der Waals surface area contributed by atoms with Gasteiger partial charge in [0.1, 0.15) is 0 Å². The van der Waals surface area contributed by atoms with E-state index in [4.69, 9.17) is 0 Å². The van der Waals surface area contributed by atoms with Gasteiger partial charge in [-0.05, 0) is 41.1 Å². The SMILES string of the molecule is CCCCNC(=O)NC(=O)c1ccc(I)c([N+](=O)[O-])c1. The number of benzene rings is 1. The highest BCUT2D eigenvalue weighted by molar-refractivity contribution is 14.1. The number of halogens is 1. The van der Waals surface area contributed by atoms with Gasteiger partial charge in [0, 0.05) is 18.2 Å². The molecular formula is C12H14IN3O4. The summed E-state index contributed by atoms with van der Waals surface area (Å²) in [4.78, 5) is 33.4. The van der Waals surface area contributed by atoms with Crippen molar-refractivity contribution in [2.24, 2.45) is 0 Å². The number of unbranched alkanes of at least 4 members (excludes halogenated alkanes) is 1. The number of nitro groups is 1. The van der Waals surface area contributed by atoms with Crippen molar-refractivity contribution in [1.29, 1.82) is 0 Å². The van der Waals surface area contributed by atoms with Gasteiger partial charge in [0.2, 0.25) is 0 Å². The molecule has 0 aliphatic heterocycles. The largest absolute Gasteiger partial charge is 0.338 e. The third-order valence-corrected chi connectivity index (χ3v) is 3.36. The van der Waals surface area contributed by atoms with Gasteiger partial charge in [-0.1, -0.05) is 13.3 Å². The summed E-state index contributed by atoms with van der Waals surface area (Å²) in [6, 6.07) is 3.44. The monoisotopic (exact) mass is 391 g/mol. The Hall–Kier alpha value is -1.71. The Kier molecular flexibility index (Phi) is 6.36. The number of urea groups is 1. The molecule has 1 aromatic carbocycles. The maximum Gasteiger partial charge on any atom is 0.321 e. The first-order valence-corrected chi connectivity index (χ1v) is 7.06. The van der Waals surface area contributed by atoms with Crippen LogP contribution in [-0.2, 0) is 0 Å². The Morgan fingerprint density at radius 2 is 2.10 bits per heavy atom. The van der Waals surface area contributed by atoms with E-state index >= 15 is 0 Å². The summed E-state index contributed by atoms with van der Waals surface area (Å²) in [5.41, 5.74) is -0.0904. The van der Waals surface area contributed by atoms with Crippen molar-refractivity contribution in [3.63, 3.8) is 0 Å². The molecule has 108 valence electrons. The molecule has 2 N–H and O–H groups in total. The smallest absolute Gasteiger partial charge is 0.321 e. The van der Waals surface area contributed by atoms with E-state index in [-0.39, 0.29) is 11.3 Å².